The monoisotopic (exact) mass is 261 g/mol. The van der Waals surface area contributed by atoms with E-state index in [2.05, 4.69) is 11.4 Å². The highest BCUT2D eigenvalue weighted by Crippen LogP contribution is 2.33. The Morgan fingerprint density at radius 1 is 1.41 bits per heavy atom. The van der Waals surface area contributed by atoms with Crippen molar-refractivity contribution in [1.82, 2.24) is 9.57 Å². The lowest BCUT2D eigenvalue weighted by Gasteiger charge is -2.34. The van der Waals surface area contributed by atoms with Crippen molar-refractivity contribution in [3.63, 3.8) is 0 Å². The third-order valence-corrected chi connectivity index (χ3v) is 4.39. The minimum atomic E-state index is -0.823. The van der Waals surface area contributed by atoms with Gasteiger partial charge in [-0.1, -0.05) is 0 Å². The molecule has 4 unspecified atom stereocenters. The quantitative estimate of drug-likeness (QED) is 0.334. The van der Waals surface area contributed by atoms with Crippen LogP contribution in [0.25, 0.3) is 0 Å². The molecular weight excluding hydrogens is 240 g/mol. The molecule has 1 fully saturated rings. The van der Waals surface area contributed by atoms with Gasteiger partial charge in [0.05, 0.1) is 26.3 Å². The van der Waals surface area contributed by atoms with Crippen LogP contribution in [-0.2, 0) is 0 Å². The second-order valence-corrected chi connectivity index (χ2v) is 5.81. The Morgan fingerprint density at radius 3 is 2.53 bits per heavy atom. The third kappa shape index (κ3) is 3.72. The van der Waals surface area contributed by atoms with Crippen LogP contribution in [0.2, 0.25) is 0 Å². The third-order valence-electron chi connectivity index (χ3n) is 2.97. The van der Waals surface area contributed by atoms with Gasteiger partial charge in [0, 0.05) is 17.8 Å². The standard InChI is InChI=1S/C11H21N2O3S/c1-12-11(13(2)3)17-8-4-7(6-14)10(16)9(15)5-8/h7-10,14-16H,1,4-6H2,2-3H3/q+1. The molecule has 0 saturated heterocycles. The second-order valence-electron chi connectivity index (χ2n) is 4.55. The molecule has 1 saturated carbocycles. The maximum atomic E-state index is 9.73. The van der Waals surface area contributed by atoms with E-state index in [-0.39, 0.29) is 17.8 Å². The van der Waals surface area contributed by atoms with E-state index in [1.54, 1.807) is 0 Å². The van der Waals surface area contributed by atoms with E-state index in [4.69, 9.17) is 5.11 Å². The van der Waals surface area contributed by atoms with E-state index in [9.17, 15) is 10.2 Å². The molecule has 1 rings (SSSR count). The molecule has 1 aliphatic carbocycles. The summed E-state index contributed by atoms with van der Waals surface area (Å²) in [6.07, 6.45) is -0.412. The zero-order chi connectivity index (χ0) is 13.0. The Kier molecular flexibility index (Phi) is 5.49. The summed E-state index contributed by atoms with van der Waals surface area (Å²) < 4.78 is 3.93. The van der Waals surface area contributed by atoms with E-state index in [0.717, 1.165) is 5.17 Å². The molecule has 0 heterocycles. The van der Waals surface area contributed by atoms with Gasteiger partial charge in [-0.25, -0.2) is 9.57 Å². The first-order chi connectivity index (χ1) is 7.99. The van der Waals surface area contributed by atoms with E-state index >= 15 is 0 Å². The molecule has 0 radical (unpaired) electrons. The Hall–Kier alpha value is -0.520. The van der Waals surface area contributed by atoms with Gasteiger partial charge in [0.2, 0.25) is 0 Å². The highest BCUT2D eigenvalue weighted by molar-refractivity contribution is 8.14. The van der Waals surface area contributed by atoms with Crippen molar-refractivity contribution < 1.29 is 15.3 Å². The van der Waals surface area contributed by atoms with Crippen LogP contribution in [-0.4, -0.2) is 70.3 Å². The van der Waals surface area contributed by atoms with Gasteiger partial charge in [-0.05, 0) is 24.6 Å². The molecule has 17 heavy (non-hydrogen) atoms. The van der Waals surface area contributed by atoms with Gasteiger partial charge in [0.25, 0.3) is 0 Å². The number of rotatable bonds is 2. The Balaban J connectivity index is 2.64. The van der Waals surface area contributed by atoms with Crippen molar-refractivity contribution in [1.29, 1.82) is 0 Å². The lowest BCUT2D eigenvalue weighted by molar-refractivity contribution is -0.0565. The molecular formula is C11H21N2O3S+. The molecule has 98 valence electrons. The average Bonchev–Trinajstić information content (AvgIpc) is 2.29. The number of hydrogen-bond donors (Lipinski definition) is 3. The van der Waals surface area contributed by atoms with E-state index in [1.807, 2.05) is 19.0 Å². The van der Waals surface area contributed by atoms with Crippen LogP contribution in [0.3, 0.4) is 0 Å². The summed E-state index contributed by atoms with van der Waals surface area (Å²) in [5.74, 6) is -0.260. The van der Waals surface area contributed by atoms with Gasteiger partial charge in [-0.15, -0.1) is 0 Å². The summed E-state index contributed by atoms with van der Waals surface area (Å²) in [6.45, 7) is 3.41. The molecule has 0 aromatic carbocycles. The van der Waals surface area contributed by atoms with Crippen molar-refractivity contribution in [3.8, 4) is 0 Å². The van der Waals surface area contributed by atoms with Crippen LogP contribution < -0.4 is 4.67 Å². The van der Waals surface area contributed by atoms with Gasteiger partial charge in [0.15, 0.2) is 6.72 Å². The molecule has 0 aromatic heterocycles. The first kappa shape index (κ1) is 14.5. The van der Waals surface area contributed by atoms with Gasteiger partial charge in [-0.3, -0.25) is 0 Å². The van der Waals surface area contributed by atoms with E-state index in [1.165, 1.54) is 11.8 Å². The summed E-state index contributed by atoms with van der Waals surface area (Å²) in [6, 6.07) is 0. The highest BCUT2D eigenvalue weighted by Gasteiger charge is 2.37. The summed E-state index contributed by atoms with van der Waals surface area (Å²) in [7, 11) is 3.77. The number of aliphatic hydroxyl groups is 3. The Labute approximate surface area is 106 Å². The fraction of sp³-hybridized carbons (Fsp3) is 0.818. The molecule has 0 amide bonds. The van der Waals surface area contributed by atoms with Crippen LogP contribution in [0.4, 0.5) is 0 Å². The first-order valence-corrected chi connectivity index (χ1v) is 6.52. The summed E-state index contributed by atoms with van der Waals surface area (Å²) in [5, 5.41) is 29.5. The fourth-order valence-electron chi connectivity index (χ4n) is 2.01. The van der Waals surface area contributed by atoms with E-state index < -0.39 is 12.2 Å². The molecule has 0 bridgehead atoms. The summed E-state index contributed by atoms with van der Waals surface area (Å²) >= 11 is 1.53. The fourth-order valence-corrected chi connectivity index (χ4v) is 3.23. The van der Waals surface area contributed by atoms with Crippen molar-refractivity contribution in [2.45, 2.75) is 30.3 Å². The summed E-state index contributed by atoms with van der Waals surface area (Å²) in [5.41, 5.74) is 0. The number of amidine groups is 1. The lowest BCUT2D eigenvalue weighted by Crippen LogP contribution is -2.44. The van der Waals surface area contributed by atoms with Crippen LogP contribution in [0.5, 0.6) is 0 Å². The van der Waals surface area contributed by atoms with Crippen molar-refractivity contribution >= 4 is 23.6 Å². The number of nitrogens with zero attached hydrogens (tertiary/aromatic N) is 2. The second kappa shape index (κ2) is 6.42. The average molecular weight is 261 g/mol. The molecule has 0 aliphatic heterocycles. The van der Waals surface area contributed by atoms with Crippen molar-refractivity contribution in [2.75, 3.05) is 20.7 Å². The van der Waals surface area contributed by atoms with E-state index in [0.29, 0.717) is 12.8 Å². The molecule has 5 nitrogen and oxygen atoms in total. The highest BCUT2D eigenvalue weighted by atomic mass is 32.2. The zero-order valence-electron chi connectivity index (χ0n) is 10.3. The Morgan fingerprint density at radius 2 is 2.06 bits per heavy atom. The molecule has 1 aliphatic rings. The van der Waals surface area contributed by atoms with Crippen LogP contribution >= 0.6 is 11.8 Å². The predicted octanol–water partition coefficient (Wildman–Crippen LogP) is -1.10. The Bertz CT molecular complexity index is 305. The molecule has 0 spiro atoms. The zero-order valence-corrected chi connectivity index (χ0v) is 11.1. The van der Waals surface area contributed by atoms with Crippen LogP contribution in [0.1, 0.15) is 12.8 Å². The van der Waals surface area contributed by atoms with Gasteiger partial charge < -0.3 is 15.3 Å². The van der Waals surface area contributed by atoms with Crippen molar-refractivity contribution in [3.05, 3.63) is 0 Å². The predicted molar refractivity (Wildman–Crippen MR) is 71.2 cm³/mol. The van der Waals surface area contributed by atoms with Crippen molar-refractivity contribution in [2.24, 2.45) is 5.92 Å². The minimum absolute atomic E-state index is 0.103. The molecule has 0 aromatic rings. The molecule has 4 atom stereocenters. The van der Waals surface area contributed by atoms with Gasteiger partial charge >= 0.3 is 5.17 Å². The van der Waals surface area contributed by atoms with Gasteiger partial charge in [0.1, 0.15) is 0 Å². The maximum Gasteiger partial charge on any atom is 0.405 e. The largest absolute Gasteiger partial charge is 0.405 e. The first-order valence-electron chi connectivity index (χ1n) is 5.64. The topological polar surface area (TPSA) is 78.0 Å². The lowest BCUT2D eigenvalue weighted by atomic mass is 9.85. The number of hydrogen-bond acceptors (Lipinski definition) is 4. The number of aliphatic hydroxyl groups excluding tert-OH is 3. The molecule has 3 N–H and O–H groups in total. The maximum absolute atomic E-state index is 9.73. The van der Waals surface area contributed by atoms with Crippen LogP contribution in [0, 0.1) is 5.92 Å². The summed E-state index contributed by atoms with van der Waals surface area (Å²) in [4.78, 5) is 1.86. The SMILES string of the molecule is C=[N+]=C(SC1CC(O)C(O)C(CO)C1)N(C)C. The smallest absolute Gasteiger partial charge is 0.396 e. The number of thioether (sulfide) groups is 1. The normalized spacial score (nSPS) is 33.0. The minimum Gasteiger partial charge on any atom is -0.396 e. The molecule has 6 heteroatoms. The van der Waals surface area contributed by atoms with Gasteiger partial charge in [-0.2, -0.15) is 0 Å². The van der Waals surface area contributed by atoms with Crippen LogP contribution in [0.15, 0.2) is 0 Å².